The number of hydrogen-bond acceptors (Lipinski definition) is 3. The number of H-pyrrole nitrogens is 1. The fourth-order valence-electron chi connectivity index (χ4n) is 1.43. The Hall–Kier alpha value is -1.85. The molecule has 0 aliphatic heterocycles. The summed E-state index contributed by atoms with van der Waals surface area (Å²) in [5, 5.41) is 17.6. The van der Waals surface area contributed by atoms with Crippen LogP contribution in [0.4, 0.5) is 5.69 Å². The van der Waals surface area contributed by atoms with Gasteiger partial charge in [-0.3, -0.25) is 14.7 Å². The minimum absolute atomic E-state index is 0.0359. The molecular weight excluding hydrogens is 210 g/mol. The van der Waals surface area contributed by atoms with E-state index in [2.05, 4.69) is 15.5 Å². The summed E-state index contributed by atoms with van der Waals surface area (Å²) in [6, 6.07) is 0. The molecule has 3 N–H and O–H groups in total. The van der Waals surface area contributed by atoms with Crippen LogP contribution < -0.4 is 5.32 Å². The van der Waals surface area contributed by atoms with Crippen molar-refractivity contribution in [2.75, 3.05) is 5.32 Å². The number of carboxylic acid groups (broad SMARTS) is 1. The molecular formula is C10H15N3O3. The van der Waals surface area contributed by atoms with Crippen LogP contribution in [0.25, 0.3) is 0 Å². The number of carboxylic acids is 1. The van der Waals surface area contributed by atoms with Crippen molar-refractivity contribution >= 4 is 17.6 Å². The fourth-order valence-corrected chi connectivity index (χ4v) is 1.43. The van der Waals surface area contributed by atoms with E-state index in [1.807, 2.05) is 0 Å². The number of amides is 1. The molecule has 1 aromatic rings. The Morgan fingerprint density at radius 2 is 2.19 bits per heavy atom. The lowest BCUT2D eigenvalue weighted by Crippen LogP contribution is -2.24. The molecule has 6 heteroatoms. The maximum Gasteiger partial charge on any atom is 0.303 e. The van der Waals surface area contributed by atoms with Crippen molar-refractivity contribution in [2.24, 2.45) is 5.41 Å². The van der Waals surface area contributed by atoms with E-state index in [4.69, 9.17) is 5.11 Å². The number of carbonyl (C=O) groups is 2. The van der Waals surface area contributed by atoms with E-state index in [-0.39, 0.29) is 18.7 Å². The molecule has 1 amide bonds. The highest BCUT2D eigenvalue weighted by Gasteiger charge is 2.25. The minimum atomic E-state index is -0.902. The second kappa shape index (κ2) is 4.78. The topological polar surface area (TPSA) is 95.1 Å². The van der Waals surface area contributed by atoms with E-state index in [0.717, 1.165) is 0 Å². The van der Waals surface area contributed by atoms with Crippen LogP contribution in [0.15, 0.2) is 12.4 Å². The predicted molar refractivity (Wildman–Crippen MR) is 57.9 cm³/mol. The molecule has 0 aromatic carbocycles. The molecule has 88 valence electrons. The lowest BCUT2D eigenvalue weighted by atomic mass is 9.85. The van der Waals surface area contributed by atoms with Gasteiger partial charge in [-0.15, -0.1) is 0 Å². The first-order chi connectivity index (χ1) is 7.39. The molecule has 1 aromatic heterocycles. The van der Waals surface area contributed by atoms with E-state index < -0.39 is 11.4 Å². The fraction of sp³-hybridized carbons (Fsp3) is 0.500. The summed E-state index contributed by atoms with van der Waals surface area (Å²) >= 11 is 0. The van der Waals surface area contributed by atoms with Gasteiger partial charge < -0.3 is 10.4 Å². The summed E-state index contributed by atoms with van der Waals surface area (Å²) in [4.78, 5) is 22.1. The normalized spacial score (nSPS) is 11.1. The van der Waals surface area contributed by atoms with Crippen molar-refractivity contribution in [3.8, 4) is 0 Å². The number of hydrogen-bond donors (Lipinski definition) is 3. The predicted octanol–water partition coefficient (Wildman–Crippen LogP) is 1.24. The lowest BCUT2D eigenvalue weighted by Gasteiger charge is -2.21. The highest BCUT2D eigenvalue weighted by atomic mass is 16.4. The molecule has 16 heavy (non-hydrogen) atoms. The van der Waals surface area contributed by atoms with Crippen LogP contribution in [0.3, 0.4) is 0 Å². The van der Waals surface area contributed by atoms with Gasteiger partial charge in [0.2, 0.25) is 5.91 Å². The third-order valence-corrected chi connectivity index (χ3v) is 2.05. The van der Waals surface area contributed by atoms with Crippen LogP contribution in [-0.4, -0.2) is 27.2 Å². The first-order valence-corrected chi connectivity index (χ1v) is 4.89. The van der Waals surface area contributed by atoms with Gasteiger partial charge in [0.05, 0.1) is 18.3 Å². The molecule has 0 atom stereocenters. The Bertz CT molecular complexity index is 371. The van der Waals surface area contributed by atoms with Gasteiger partial charge in [-0.05, 0) is 5.41 Å². The van der Waals surface area contributed by atoms with Crippen molar-refractivity contribution in [1.82, 2.24) is 10.2 Å². The highest BCUT2D eigenvalue weighted by molar-refractivity contribution is 5.91. The molecule has 0 saturated carbocycles. The second-order valence-corrected chi connectivity index (χ2v) is 4.45. The monoisotopic (exact) mass is 225 g/mol. The molecule has 1 rings (SSSR count). The van der Waals surface area contributed by atoms with Crippen LogP contribution in [0.2, 0.25) is 0 Å². The number of carbonyl (C=O) groups excluding carboxylic acids is 1. The third-order valence-electron chi connectivity index (χ3n) is 2.05. The van der Waals surface area contributed by atoms with Gasteiger partial charge in [-0.25, -0.2) is 0 Å². The van der Waals surface area contributed by atoms with E-state index in [1.54, 1.807) is 20.0 Å². The largest absolute Gasteiger partial charge is 0.481 e. The summed E-state index contributed by atoms with van der Waals surface area (Å²) in [7, 11) is 0. The van der Waals surface area contributed by atoms with E-state index in [0.29, 0.717) is 5.69 Å². The summed E-state index contributed by atoms with van der Waals surface area (Å²) < 4.78 is 0. The maximum atomic E-state index is 11.6. The van der Waals surface area contributed by atoms with Crippen LogP contribution in [0.1, 0.15) is 26.7 Å². The summed E-state index contributed by atoms with van der Waals surface area (Å²) in [6.45, 7) is 3.49. The van der Waals surface area contributed by atoms with Gasteiger partial charge in [-0.2, -0.15) is 5.10 Å². The van der Waals surface area contributed by atoms with Gasteiger partial charge in [0, 0.05) is 12.6 Å². The highest BCUT2D eigenvalue weighted by Crippen LogP contribution is 2.25. The Kier molecular flexibility index (Phi) is 3.65. The number of aromatic amines is 1. The molecule has 0 bridgehead atoms. The van der Waals surface area contributed by atoms with Crippen molar-refractivity contribution in [3.05, 3.63) is 12.4 Å². The number of rotatable bonds is 5. The SMILES string of the molecule is CC(C)(CC(=O)O)CC(=O)Nc1cn[nH]c1. The average molecular weight is 225 g/mol. The maximum absolute atomic E-state index is 11.6. The number of nitrogens with one attached hydrogen (secondary N) is 2. The smallest absolute Gasteiger partial charge is 0.303 e. The van der Waals surface area contributed by atoms with Crippen molar-refractivity contribution in [1.29, 1.82) is 0 Å². The van der Waals surface area contributed by atoms with Crippen LogP contribution in [0, 0.1) is 5.41 Å². The van der Waals surface area contributed by atoms with E-state index >= 15 is 0 Å². The van der Waals surface area contributed by atoms with Crippen LogP contribution in [-0.2, 0) is 9.59 Å². The minimum Gasteiger partial charge on any atom is -0.481 e. The zero-order valence-electron chi connectivity index (χ0n) is 9.28. The average Bonchev–Trinajstić information content (AvgIpc) is 2.51. The molecule has 6 nitrogen and oxygen atoms in total. The van der Waals surface area contributed by atoms with Crippen molar-refractivity contribution in [3.63, 3.8) is 0 Å². The first-order valence-electron chi connectivity index (χ1n) is 4.89. The van der Waals surface area contributed by atoms with Crippen LogP contribution in [0.5, 0.6) is 0 Å². The Labute approximate surface area is 93.1 Å². The first kappa shape index (κ1) is 12.2. The molecule has 0 aliphatic rings. The second-order valence-electron chi connectivity index (χ2n) is 4.45. The molecule has 0 unspecified atom stereocenters. The van der Waals surface area contributed by atoms with Gasteiger partial charge in [-0.1, -0.05) is 13.8 Å². The number of anilines is 1. The summed E-state index contributed by atoms with van der Waals surface area (Å²) in [5.41, 5.74) is 0.0238. The third kappa shape index (κ3) is 4.12. The summed E-state index contributed by atoms with van der Waals surface area (Å²) in [5.74, 6) is -1.12. The Morgan fingerprint density at radius 3 is 2.69 bits per heavy atom. The van der Waals surface area contributed by atoms with Gasteiger partial charge in [0.1, 0.15) is 0 Å². The zero-order valence-corrected chi connectivity index (χ0v) is 9.28. The molecule has 0 aliphatic carbocycles. The van der Waals surface area contributed by atoms with E-state index in [9.17, 15) is 9.59 Å². The summed E-state index contributed by atoms with van der Waals surface area (Å²) in [6.07, 6.45) is 3.17. The Balaban J connectivity index is 2.47. The molecule has 0 radical (unpaired) electrons. The van der Waals surface area contributed by atoms with Crippen molar-refractivity contribution in [2.45, 2.75) is 26.7 Å². The standard InChI is InChI=1S/C10H15N3O3/c1-10(2,4-9(15)16)3-8(14)13-7-5-11-12-6-7/h5-6H,3-4H2,1-2H3,(H,11,12)(H,13,14)(H,15,16). The molecule has 1 heterocycles. The van der Waals surface area contributed by atoms with Crippen molar-refractivity contribution < 1.29 is 14.7 Å². The number of aromatic nitrogens is 2. The van der Waals surface area contributed by atoms with Gasteiger partial charge in [0.15, 0.2) is 0 Å². The number of aliphatic carboxylic acids is 1. The van der Waals surface area contributed by atoms with Gasteiger partial charge in [0.25, 0.3) is 0 Å². The quantitative estimate of drug-likeness (QED) is 0.702. The van der Waals surface area contributed by atoms with E-state index in [1.165, 1.54) is 6.20 Å². The Morgan fingerprint density at radius 1 is 1.50 bits per heavy atom. The number of nitrogens with zero attached hydrogens (tertiary/aromatic N) is 1. The lowest BCUT2D eigenvalue weighted by molar-refractivity contribution is -0.139. The van der Waals surface area contributed by atoms with Crippen LogP contribution >= 0.6 is 0 Å². The van der Waals surface area contributed by atoms with Gasteiger partial charge >= 0.3 is 5.97 Å². The molecule has 0 fully saturated rings. The zero-order chi connectivity index (χ0) is 12.2. The molecule has 0 saturated heterocycles. The molecule has 0 spiro atoms.